The van der Waals surface area contributed by atoms with E-state index in [1.165, 1.54) is 75.8 Å². The van der Waals surface area contributed by atoms with Crippen LogP contribution in [0.5, 0.6) is 0 Å². The van der Waals surface area contributed by atoms with Gasteiger partial charge >= 0.3 is 0 Å². The Kier molecular flexibility index (Phi) is 23.6. The molecule has 0 bridgehead atoms. The summed E-state index contributed by atoms with van der Waals surface area (Å²) in [4.78, 5) is 54.5. The van der Waals surface area contributed by atoms with E-state index in [2.05, 4.69) is 499 Å². The molecule has 15 nitrogen and oxygen atoms in total. The van der Waals surface area contributed by atoms with E-state index in [4.69, 9.17) is 54.8 Å². The molecule has 0 N–H and O–H groups in total. The molecule has 0 saturated carbocycles. The van der Waals surface area contributed by atoms with Gasteiger partial charge in [0, 0.05) is 82.5 Å². The molecule has 28 rings (SSSR count). The van der Waals surface area contributed by atoms with Crippen LogP contribution in [0.3, 0.4) is 0 Å². The molecule has 0 saturated heterocycles. The highest BCUT2D eigenvalue weighted by Crippen LogP contribution is 2.42. The molecule has 0 atom stereocenters. The fourth-order valence-corrected chi connectivity index (χ4v) is 20.3. The molecule has 15 heteroatoms. The number of rotatable bonds is 14. The zero-order valence-electron chi connectivity index (χ0n) is 81.5. The van der Waals surface area contributed by atoms with Crippen LogP contribution in [0.4, 0.5) is 0 Å². The van der Waals surface area contributed by atoms with E-state index in [1.54, 1.807) is 0 Å². The summed E-state index contributed by atoms with van der Waals surface area (Å²) in [6, 6.07) is 171. The number of para-hydroxylation sites is 8. The molecule has 0 aliphatic carbocycles. The van der Waals surface area contributed by atoms with E-state index in [1.807, 2.05) is 38.1 Å². The fourth-order valence-electron chi connectivity index (χ4n) is 20.3. The van der Waals surface area contributed by atoms with E-state index in [0.717, 1.165) is 139 Å². The third-order valence-electron chi connectivity index (χ3n) is 27.4. The van der Waals surface area contributed by atoms with Crippen LogP contribution < -0.4 is 0 Å². The highest BCUT2D eigenvalue weighted by atomic mass is 15.3. The summed E-state index contributed by atoms with van der Waals surface area (Å²) in [5.74, 6) is 8.33. The molecule has 8 heterocycles. The maximum atomic E-state index is 5.23. The summed E-state index contributed by atoms with van der Waals surface area (Å²) >= 11 is 0. The van der Waals surface area contributed by atoms with Crippen LogP contribution in [0.15, 0.2) is 491 Å². The zero-order chi connectivity index (χ0) is 99.1. The predicted molar refractivity (Wildman–Crippen MR) is 607 cm³/mol. The average Bonchev–Trinajstić information content (AvgIpc) is 1.59. The van der Waals surface area contributed by atoms with Gasteiger partial charge in [-0.2, -0.15) is 15.0 Å². The predicted octanol–water partition coefficient (Wildman–Crippen LogP) is 32.7. The first-order valence-corrected chi connectivity index (χ1v) is 49.7. The second kappa shape index (κ2) is 38.9. The second-order valence-corrected chi connectivity index (χ2v) is 37.1. The Labute approximate surface area is 854 Å². The average molecular weight is 1900 g/mol. The summed E-state index contributed by atoms with van der Waals surface area (Å²) in [5.41, 5.74) is 26.0. The third-order valence-corrected chi connectivity index (χ3v) is 27.4. The van der Waals surface area contributed by atoms with Gasteiger partial charge in [0.15, 0.2) is 34.9 Å². The standard InChI is InChI=1S/C46H33N3.C30H21N3.C29H20N4.C28H19N5/c1-32-22-24-37(25-23-32)44-47-45(42-28-38(33-14-6-2-7-15-33)26-39(29-42)34-16-8-3-9-17-34)49-46(48-44)43-30-40(35-18-10-4-11-19-35)27-41(31-43)36-20-12-5-13-21-36;1-20-10-12-23(13-11-20)28-31-29(26-16-14-21-6-2-4-8-24(21)18-26)33-30(32-28)27-17-15-22-7-3-5-9-25(22)19-27;1-19-30-28(32-24-14-6-2-10-20(24)21-11-3-7-15-25(21)32)18-29(31-19)33-26-16-8-4-12-22(26)23-13-5-9-17-27(23)33;1-18-29-27(32-23-14-6-2-10-19(23)20-11-3-7-15-24(20)32)31-28(30-18)33-25-16-8-4-12-21(25)22-13-5-9-17-26(22)33/h2-31H,1H3;2-19H,1H3;2-18H,1H3;2-17H,1H3. The number of nitrogens with zero attached hydrogens (tertiary/aromatic N) is 15. The first-order valence-electron chi connectivity index (χ1n) is 49.7. The molecule has 0 unspecified atom stereocenters. The van der Waals surface area contributed by atoms with Crippen LogP contribution in [0.2, 0.25) is 0 Å². The number of aryl methyl sites for hydroxylation is 4. The second-order valence-electron chi connectivity index (χ2n) is 37.1. The number of benzene rings is 20. The maximum absolute atomic E-state index is 5.23. The van der Waals surface area contributed by atoms with Crippen molar-refractivity contribution in [1.29, 1.82) is 0 Å². The molecule has 0 aliphatic heterocycles. The molecule has 0 aliphatic rings. The molecule has 0 radical (unpaired) electrons. The lowest BCUT2D eigenvalue weighted by Crippen LogP contribution is -2.10. The molecule has 700 valence electrons. The lowest BCUT2D eigenvalue weighted by Gasteiger charge is -2.14. The van der Waals surface area contributed by atoms with Crippen LogP contribution >= 0.6 is 0 Å². The zero-order valence-corrected chi connectivity index (χ0v) is 81.5. The summed E-state index contributed by atoms with van der Waals surface area (Å²) < 4.78 is 8.76. The Morgan fingerprint density at radius 2 is 0.351 bits per heavy atom. The van der Waals surface area contributed by atoms with Crippen LogP contribution in [0.25, 0.3) is 245 Å². The normalized spacial score (nSPS) is 11.4. The number of hydrogen-bond donors (Lipinski definition) is 0. The van der Waals surface area contributed by atoms with Crippen molar-refractivity contribution in [1.82, 2.24) is 73.1 Å². The van der Waals surface area contributed by atoms with Crippen molar-refractivity contribution in [2.75, 3.05) is 0 Å². The quantitative estimate of drug-likeness (QED) is 0.102. The summed E-state index contributed by atoms with van der Waals surface area (Å²) in [7, 11) is 0. The molecule has 0 fully saturated rings. The van der Waals surface area contributed by atoms with Crippen molar-refractivity contribution < 1.29 is 0 Å². The summed E-state index contributed by atoms with van der Waals surface area (Å²) in [5, 5.41) is 14.4. The summed E-state index contributed by atoms with van der Waals surface area (Å²) in [6.07, 6.45) is 0. The molecule has 28 aromatic rings. The van der Waals surface area contributed by atoms with Gasteiger partial charge in [-0.15, -0.1) is 0 Å². The Hall–Kier alpha value is -19.8. The maximum Gasteiger partial charge on any atom is 0.239 e. The lowest BCUT2D eigenvalue weighted by molar-refractivity contribution is 0.855. The van der Waals surface area contributed by atoms with Crippen molar-refractivity contribution in [3.63, 3.8) is 0 Å². The fraction of sp³-hybridized carbons (Fsp3) is 0.0301. The van der Waals surface area contributed by atoms with E-state index < -0.39 is 0 Å². The Bertz CT molecular complexity index is 8800. The van der Waals surface area contributed by atoms with E-state index in [-0.39, 0.29) is 0 Å². The molecular formula is C133H93N15. The number of fused-ring (bicyclic) bond motifs is 14. The molecule has 0 spiro atoms. The SMILES string of the molecule is Cc1ccc(-c2nc(-c3cc(-c4ccccc4)cc(-c4ccccc4)c3)nc(-c3cc(-c4ccccc4)cc(-c4ccccc4)c3)n2)cc1.Cc1ccc(-c2nc(-c3ccc4ccccc4c3)nc(-c3ccc4ccccc4c3)n2)cc1.Cc1nc(-n2c3ccccc3c3ccccc32)cc(-n2c3ccccc3c3ccccc32)n1.Cc1nc(-n2c3ccccc3c3ccccc32)nc(-n2c3ccccc3c3ccccc32)n1. The highest BCUT2D eigenvalue weighted by Gasteiger charge is 2.25. The monoisotopic (exact) mass is 1900 g/mol. The minimum Gasteiger partial charge on any atom is -0.294 e. The summed E-state index contributed by atoms with van der Waals surface area (Å²) in [6.45, 7) is 8.07. The van der Waals surface area contributed by atoms with Gasteiger partial charge in [0.2, 0.25) is 11.9 Å². The molecule has 8 aromatic heterocycles. The van der Waals surface area contributed by atoms with Gasteiger partial charge < -0.3 is 0 Å². The first kappa shape index (κ1) is 89.6. The van der Waals surface area contributed by atoms with Gasteiger partial charge in [0.25, 0.3) is 0 Å². The largest absolute Gasteiger partial charge is 0.294 e. The van der Waals surface area contributed by atoms with E-state index in [0.29, 0.717) is 52.7 Å². The van der Waals surface area contributed by atoms with E-state index in [9.17, 15) is 0 Å². The lowest BCUT2D eigenvalue weighted by atomic mass is 9.95. The Balaban J connectivity index is 0.000000104. The smallest absolute Gasteiger partial charge is 0.239 e. The van der Waals surface area contributed by atoms with Gasteiger partial charge in [0.05, 0.1) is 44.1 Å². The number of hydrogen-bond acceptors (Lipinski definition) is 11. The van der Waals surface area contributed by atoms with Crippen LogP contribution in [0.1, 0.15) is 22.8 Å². The molecule has 148 heavy (non-hydrogen) atoms. The van der Waals surface area contributed by atoms with Gasteiger partial charge in [0.1, 0.15) is 23.3 Å². The van der Waals surface area contributed by atoms with Gasteiger partial charge in [-0.1, -0.05) is 399 Å². The van der Waals surface area contributed by atoms with Crippen LogP contribution in [-0.4, -0.2) is 73.1 Å². The Morgan fingerprint density at radius 3 is 0.635 bits per heavy atom. The van der Waals surface area contributed by atoms with Crippen molar-refractivity contribution >= 4 is 109 Å². The topological polar surface area (TPSA) is 162 Å². The molecule has 20 aromatic carbocycles. The van der Waals surface area contributed by atoms with Crippen molar-refractivity contribution in [2.45, 2.75) is 27.7 Å². The highest BCUT2D eigenvalue weighted by molar-refractivity contribution is 6.13. The van der Waals surface area contributed by atoms with Crippen LogP contribution in [-0.2, 0) is 0 Å². The first-order chi connectivity index (χ1) is 73.0. The minimum absolute atomic E-state index is 0.622. The van der Waals surface area contributed by atoms with Gasteiger partial charge in [-0.05, 0) is 191 Å². The Morgan fingerprint density at radius 1 is 0.135 bits per heavy atom. The van der Waals surface area contributed by atoms with Crippen molar-refractivity contribution in [3.05, 3.63) is 514 Å². The van der Waals surface area contributed by atoms with Gasteiger partial charge in [-0.3, -0.25) is 18.3 Å². The van der Waals surface area contributed by atoms with Crippen molar-refractivity contribution in [2.24, 2.45) is 0 Å². The minimum atomic E-state index is 0.622. The van der Waals surface area contributed by atoms with Crippen LogP contribution in [0, 0.1) is 27.7 Å². The van der Waals surface area contributed by atoms with Crippen molar-refractivity contribution in [3.8, 4) is 136 Å². The third kappa shape index (κ3) is 17.5. The van der Waals surface area contributed by atoms with E-state index >= 15 is 0 Å². The molecular weight excluding hydrogens is 1810 g/mol. The number of aromatic nitrogens is 15. The molecule has 0 amide bonds. The van der Waals surface area contributed by atoms with Gasteiger partial charge in [-0.25, -0.2) is 39.9 Å².